The van der Waals surface area contributed by atoms with Gasteiger partial charge in [-0.3, -0.25) is 0 Å². The summed E-state index contributed by atoms with van der Waals surface area (Å²) in [6, 6.07) is 7.58. The molecule has 4 heteroatoms. The zero-order valence-electron chi connectivity index (χ0n) is 9.65. The van der Waals surface area contributed by atoms with E-state index < -0.39 is 0 Å². The smallest absolute Gasteiger partial charge is 0.142 e. The van der Waals surface area contributed by atoms with E-state index >= 15 is 0 Å². The van der Waals surface area contributed by atoms with E-state index in [1.165, 1.54) is 0 Å². The minimum atomic E-state index is 0.703. The fourth-order valence-electron chi connectivity index (χ4n) is 1.20. The number of rotatable bonds is 8. The van der Waals surface area contributed by atoms with E-state index in [4.69, 9.17) is 15.2 Å². The Morgan fingerprint density at radius 2 is 2.00 bits per heavy atom. The molecule has 0 aliphatic rings. The average molecular weight is 241 g/mol. The first-order chi connectivity index (χ1) is 7.84. The van der Waals surface area contributed by atoms with Crippen molar-refractivity contribution in [2.24, 2.45) is 0 Å². The highest BCUT2D eigenvalue weighted by atomic mass is 32.2. The summed E-state index contributed by atoms with van der Waals surface area (Å²) in [6.45, 7) is 1.53. The number of benzene rings is 1. The number of anilines is 1. The lowest BCUT2D eigenvalue weighted by molar-refractivity contribution is 0.218. The van der Waals surface area contributed by atoms with Crippen LogP contribution < -0.4 is 10.5 Å². The molecule has 0 aliphatic carbocycles. The SMILES string of the molecule is COCCSCCCOc1ccccc1N. The normalized spacial score (nSPS) is 10.3. The molecule has 1 rings (SSSR count). The van der Waals surface area contributed by atoms with Gasteiger partial charge in [0.15, 0.2) is 0 Å². The third-order valence-electron chi connectivity index (χ3n) is 2.04. The molecule has 1 aromatic carbocycles. The Bertz CT molecular complexity index is 294. The van der Waals surface area contributed by atoms with Crippen molar-refractivity contribution in [3.63, 3.8) is 0 Å². The minimum absolute atomic E-state index is 0.703. The molecule has 0 saturated heterocycles. The van der Waals surface area contributed by atoms with Crippen LogP contribution in [0.1, 0.15) is 6.42 Å². The molecule has 90 valence electrons. The van der Waals surface area contributed by atoms with Crippen LogP contribution in [0.3, 0.4) is 0 Å². The fourth-order valence-corrected chi connectivity index (χ4v) is 2.01. The molecule has 2 N–H and O–H groups in total. The first-order valence-electron chi connectivity index (χ1n) is 5.38. The van der Waals surface area contributed by atoms with E-state index in [1.54, 1.807) is 7.11 Å². The van der Waals surface area contributed by atoms with Gasteiger partial charge in [0.2, 0.25) is 0 Å². The molecule has 0 atom stereocenters. The van der Waals surface area contributed by atoms with Gasteiger partial charge < -0.3 is 15.2 Å². The van der Waals surface area contributed by atoms with Gasteiger partial charge in [-0.2, -0.15) is 11.8 Å². The van der Waals surface area contributed by atoms with Crippen LogP contribution in [0.5, 0.6) is 5.75 Å². The van der Waals surface area contributed by atoms with Crippen molar-refractivity contribution in [1.29, 1.82) is 0 Å². The number of nitrogen functional groups attached to an aromatic ring is 1. The number of thioether (sulfide) groups is 1. The van der Waals surface area contributed by atoms with Gasteiger partial charge in [-0.05, 0) is 24.3 Å². The van der Waals surface area contributed by atoms with E-state index in [2.05, 4.69) is 0 Å². The van der Waals surface area contributed by atoms with Crippen LogP contribution in [0.15, 0.2) is 24.3 Å². The number of nitrogens with two attached hydrogens (primary N) is 1. The Hall–Kier alpha value is -0.870. The van der Waals surface area contributed by atoms with Crippen LogP contribution in [0, 0.1) is 0 Å². The van der Waals surface area contributed by atoms with Crippen molar-refractivity contribution >= 4 is 17.4 Å². The van der Waals surface area contributed by atoms with Gasteiger partial charge in [0.05, 0.1) is 18.9 Å². The van der Waals surface area contributed by atoms with Gasteiger partial charge in [0, 0.05) is 12.9 Å². The topological polar surface area (TPSA) is 44.5 Å². The van der Waals surface area contributed by atoms with Crippen molar-refractivity contribution in [2.45, 2.75) is 6.42 Å². The molecule has 0 bridgehead atoms. The summed E-state index contributed by atoms with van der Waals surface area (Å²) in [6.07, 6.45) is 1.03. The predicted molar refractivity (Wildman–Crippen MR) is 70.2 cm³/mol. The lowest BCUT2D eigenvalue weighted by atomic mass is 10.3. The van der Waals surface area contributed by atoms with E-state index in [9.17, 15) is 0 Å². The van der Waals surface area contributed by atoms with E-state index in [1.807, 2.05) is 36.0 Å². The highest BCUT2D eigenvalue weighted by molar-refractivity contribution is 7.99. The van der Waals surface area contributed by atoms with Gasteiger partial charge in [-0.25, -0.2) is 0 Å². The van der Waals surface area contributed by atoms with Crippen molar-refractivity contribution in [2.75, 3.05) is 37.6 Å². The maximum Gasteiger partial charge on any atom is 0.142 e. The Morgan fingerprint density at radius 1 is 1.19 bits per heavy atom. The first kappa shape index (κ1) is 13.2. The van der Waals surface area contributed by atoms with Crippen LogP contribution in [0.4, 0.5) is 5.69 Å². The Labute approximate surface area is 101 Å². The number of para-hydroxylation sites is 2. The molecule has 0 unspecified atom stereocenters. The van der Waals surface area contributed by atoms with Gasteiger partial charge in [0.25, 0.3) is 0 Å². The second kappa shape index (κ2) is 8.30. The zero-order chi connectivity index (χ0) is 11.6. The van der Waals surface area contributed by atoms with Crippen LogP contribution >= 0.6 is 11.8 Å². The standard InChI is InChI=1S/C12H19NO2S/c1-14-8-10-16-9-4-7-15-12-6-3-2-5-11(12)13/h2-3,5-6H,4,7-10,13H2,1H3. The molecule has 0 amide bonds. The summed E-state index contributed by atoms with van der Waals surface area (Å²) in [4.78, 5) is 0. The van der Waals surface area contributed by atoms with Crippen molar-refractivity contribution in [3.05, 3.63) is 24.3 Å². The molecule has 0 aliphatic heterocycles. The summed E-state index contributed by atoms with van der Waals surface area (Å²) in [5.41, 5.74) is 6.46. The molecule has 3 nitrogen and oxygen atoms in total. The van der Waals surface area contributed by atoms with E-state index in [0.29, 0.717) is 12.3 Å². The van der Waals surface area contributed by atoms with Crippen LogP contribution in [-0.2, 0) is 4.74 Å². The Kier molecular flexibility index (Phi) is 6.85. The summed E-state index contributed by atoms with van der Waals surface area (Å²) in [5.74, 6) is 2.92. The number of hydrogen-bond donors (Lipinski definition) is 1. The lowest BCUT2D eigenvalue weighted by Crippen LogP contribution is -2.02. The van der Waals surface area contributed by atoms with Gasteiger partial charge in [0.1, 0.15) is 5.75 Å². The van der Waals surface area contributed by atoms with E-state index in [0.717, 1.165) is 30.3 Å². The van der Waals surface area contributed by atoms with Crippen molar-refractivity contribution in [3.8, 4) is 5.75 Å². The van der Waals surface area contributed by atoms with E-state index in [-0.39, 0.29) is 0 Å². The average Bonchev–Trinajstić information content (AvgIpc) is 2.30. The van der Waals surface area contributed by atoms with Crippen LogP contribution in [0.25, 0.3) is 0 Å². The maximum atomic E-state index is 5.75. The quantitative estimate of drug-likeness (QED) is 0.561. The molecular weight excluding hydrogens is 222 g/mol. The lowest BCUT2D eigenvalue weighted by Gasteiger charge is -2.08. The minimum Gasteiger partial charge on any atom is -0.491 e. The van der Waals surface area contributed by atoms with Gasteiger partial charge in [-0.15, -0.1) is 0 Å². The van der Waals surface area contributed by atoms with Crippen LogP contribution in [-0.4, -0.2) is 31.8 Å². The Morgan fingerprint density at radius 3 is 2.75 bits per heavy atom. The summed E-state index contributed by atoms with van der Waals surface area (Å²) in [7, 11) is 1.72. The molecule has 0 fully saturated rings. The molecule has 0 spiro atoms. The summed E-state index contributed by atoms with van der Waals surface area (Å²) in [5, 5.41) is 0. The molecule has 1 aromatic rings. The molecule has 0 heterocycles. The number of methoxy groups -OCH3 is 1. The second-order valence-corrected chi connectivity index (χ2v) is 4.57. The molecule has 16 heavy (non-hydrogen) atoms. The van der Waals surface area contributed by atoms with Crippen LogP contribution in [0.2, 0.25) is 0 Å². The van der Waals surface area contributed by atoms with Gasteiger partial charge >= 0.3 is 0 Å². The zero-order valence-corrected chi connectivity index (χ0v) is 10.5. The third-order valence-corrected chi connectivity index (χ3v) is 3.07. The number of hydrogen-bond acceptors (Lipinski definition) is 4. The number of ether oxygens (including phenoxy) is 2. The second-order valence-electron chi connectivity index (χ2n) is 3.35. The van der Waals surface area contributed by atoms with Gasteiger partial charge in [-0.1, -0.05) is 12.1 Å². The highest BCUT2D eigenvalue weighted by Gasteiger charge is 1.97. The first-order valence-corrected chi connectivity index (χ1v) is 6.54. The summed E-state index contributed by atoms with van der Waals surface area (Å²) < 4.78 is 10.5. The Balaban J connectivity index is 2.05. The molecule has 0 saturated carbocycles. The predicted octanol–water partition coefficient (Wildman–Crippen LogP) is 2.42. The molecular formula is C12H19NO2S. The largest absolute Gasteiger partial charge is 0.491 e. The summed E-state index contributed by atoms with van der Waals surface area (Å²) >= 11 is 1.88. The van der Waals surface area contributed by atoms with Crippen molar-refractivity contribution in [1.82, 2.24) is 0 Å². The highest BCUT2D eigenvalue weighted by Crippen LogP contribution is 2.19. The van der Waals surface area contributed by atoms with Crippen molar-refractivity contribution < 1.29 is 9.47 Å². The fraction of sp³-hybridized carbons (Fsp3) is 0.500. The third kappa shape index (κ3) is 5.28. The molecule has 0 radical (unpaired) electrons. The monoisotopic (exact) mass is 241 g/mol. The maximum absolute atomic E-state index is 5.75. The molecule has 0 aromatic heterocycles.